The third-order valence-corrected chi connectivity index (χ3v) is 12.8. The van der Waals surface area contributed by atoms with E-state index in [0.717, 1.165) is 24.7 Å². The van der Waals surface area contributed by atoms with Crippen molar-refractivity contribution in [2.24, 2.45) is 0 Å². The highest BCUT2D eigenvalue weighted by Crippen LogP contribution is 2.34. The van der Waals surface area contributed by atoms with Crippen molar-refractivity contribution in [1.29, 1.82) is 0 Å². The zero-order valence-corrected chi connectivity index (χ0v) is 37.5. The van der Waals surface area contributed by atoms with Gasteiger partial charge in [0.25, 0.3) is 0 Å². The normalized spacial score (nSPS) is 11.4. The van der Waals surface area contributed by atoms with E-state index in [1.54, 1.807) is 0 Å². The minimum atomic E-state index is 0.974. The van der Waals surface area contributed by atoms with Crippen LogP contribution in [0.4, 0.5) is 0 Å². The molecule has 5 rings (SSSR count). The lowest BCUT2D eigenvalue weighted by Gasteiger charge is -2.16. The Morgan fingerprint density at radius 2 is 0.643 bits per heavy atom. The zero-order valence-electron chi connectivity index (χ0n) is 35.3. The van der Waals surface area contributed by atoms with Crippen LogP contribution in [0.15, 0.2) is 97.1 Å². The summed E-state index contributed by atoms with van der Waals surface area (Å²) in [5, 5.41) is 0. The first-order chi connectivity index (χ1) is 27.4. The van der Waals surface area contributed by atoms with Crippen LogP contribution in [0.25, 0.3) is 44.5 Å². The third-order valence-electron chi connectivity index (χ3n) is 11.8. The molecule has 0 amide bonds. The standard InChI is InChI=1S/C54H68BI/c1-5-9-13-17-21-47-39-53(55)49(23-19-15-11-7-3)37-51(47)45-33-29-43(30-34-45)41-25-27-42(28-26-41)44-31-35-46(36-32-44)52-38-50(24-20-16-12-8-4)54(56)40-48(52)22-18-14-10-6-2/h25-40H,5-24H2,1-4H3. The molecule has 2 radical (unpaired) electrons. The first-order valence-corrected chi connectivity index (χ1v) is 23.6. The van der Waals surface area contributed by atoms with Crippen molar-refractivity contribution in [2.45, 2.75) is 156 Å². The number of benzene rings is 5. The smallest absolute Gasteiger partial charge is 0.0932 e. The van der Waals surface area contributed by atoms with Gasteiger partial charge in [-0.25, -0.2) is 0 Å². The molecule has 0 spiro atoms. The Morgan fingerprint density at radius 3 is 1.02 bits per heavy atom. The molecule has 0 fully saturated rings. The fraction of sp³-hybridized carbons (Fsp3) is 0.444. The summed E-state index contributed by atoms with van der Waals surface area (Å²) in [6.45, 7) is 9.15. The molecule has 0 N–H and O–H groups in total. The van der Waals surface area contributed by atoms with Crippen LogP contribution < -0.4 is 5.46 Å². The first-order valence-electron chi connectivity index (χ1n) is 22.5. The highest BCUT2D eigenvalue weighted by molar-refractivity contribution is 14.1. The van der Waals surface area contributed by atoms with Gasteiger partial charge in [-0.2, -0.15) is 0 Å². The monoisotopic (exact) mass is 854 g/mol. The van der Waals surface area contributed by atoms with E-state index in [1.165, 1.54) is 179 Å². The molecule has 0 heterocycles. The molecule has 2 heteroatoms. The van der Waals surface area contributed by atoms with E-state index in [0.29, 0.717) is 0 Å². The largest absolute Gasteiger partial charge is 0.114 e. The lowest BCUT2D eigenvalue weighted by atomic mass is 9.82. The lowest BCUT2D eigenvalue weighted by molar-refractivity contribution is 0.663. The van der Waals surface area contributed by atoms with Crippen molar-refractivity contribution >= 4 is 35.9 Å². The summed E-state index contributed by atoms with van der Waals surface area (Å²) < 4.78 is 1.44. The molecule has 0 unspecified atom stereocenters. The summed E-state index contributed by atoms with van der Waals surface area (Å²) >= 11 is 2.59. The van der Waals surface area contributed by atoms with E-state index in [4.69, 9.17) is 7.85 Å². The van der Waals surface area contributed by atoms with Crippen molar-refractivity contribution < 1.29 is 0 Å². The molecule has 0 nitrogen and oxygen atoms in total. The maximum absolute atomic E-state index is 6.66. The highest BCUT2D eigenvalue weighted by Gasteiger charge is 2.13. The third kappa shape index (κ3) is 13.0. The Balaban J connectivity index is 1.33. The highest BCUT2D eigenvalue weighted by atomic mass is 127. The summed E-state index contributed by atoms with van der Waals surface area (Å²) in [4.78, 5) is 0. The molecular weight excluding hydrogens is 786 g/mol. The van der Waals surface area contributed by atoms with Crippen LogP contribution in [0.1, 0.15) is 153 Å². The molecule has 0 saturated carbocycles. The summed E-state index contributed by atoms with van der Waals surface area (Å²) in [6.07, 6.45) is 25.0. The molecule has 5 aromatic rings. The van der Waals surface area contributed by atoms with Gasteiger partial charge in [-0.15, -0.1) is 0 Å². The van der Waals surface area contributed by atoms with Crippen LogP contribution in [-0.2, 0) is 25.7 Å². The molecule has 0 bridgehead atoms. The Kier molecular flexibility index (Phi) is 18.8. The SMILES string of the molecule is [B]c1cc(CCCCCC)c(-c2ccc(-c3ccc(-c4ccc(-c5cc(CCCCCC)c(I)cc5CCCCCC)cc4)cc3)cc2)cc1CCCCCC. The number of rotatable bonds is 24. The first kappa shape index (κ1) is 44.0. The lowest BCUT2D eigenvalue weighted by Crippen LogP contribution is -2.13. The molecule has 294 valence electrons. The van der Waals surface area contributed by atoms with Gasteiger partial charge in [-0.3, -0.25) is 0 Å². The Morgan fingerprint density at radius 1 is 0.339 bits per heavy atom. The van der Waals surface area contributed by atoms with Crippen LogP contribution in [0.5, 0.6) is 0 Å². The van der Waals surface area contributed by atoms with Gasteiger partial charge in [0.2, 0.25) is 0 Å². The topological polar surface area (TPSA) is 0 Å². The number of aryl methyl sites for hydroxylation is 4. The number of hydrogen-bond acceptors (Lipinski definition) is 0. The van der Waals surface area contributed by atoms with E-state index in [9.17, 15) is 0 Å². The van der Waals surface area contributed by atoms with E-state index >= 15 is 0 Å². The van der Waals surface area contributed by atoms with Crippen molar-refractivity contribution in [3.8, 4) is 44.5 Å². The molecule has 0 saturated heterocycles. The second kappa shape index (κ2) is 24.0. The van der Waals surface area contributed by atoms with Crippen molar-refractivity contribution in [1.82, 2.24) is 0 Å². The van der Waals surface area contributed by atoms with Gasteiger partial charge < -0.3 is 0 Å². The molecule has 56 heavy (non-hydrogen) atoms. The zero-order chi connectivity index (χ0) is 39.5. The van der Waals surface area contributed by atoms with Gasteiger partial charge in [0.05, 0.1) is 0 Å². The Bertz CT molecular complexity index is 1740. The van der Waals surface area contributed by atoms with Gasteiger partial charge >= 0.3 is 0 Å². The van der Waals surface area contributed by atoms with Crippen LogP contribution in [0.2, 0.25) is 0 Å². The van der Waals surface area contributed by atoms with Crippen molar-refractivity contribution in [2.75, 3.05) is 0 Å². The molecule has 0 aliphatic heterocycles. The average Bonchev–Trinajstić information content (AvgIpc) is 3.23. The molecular formula is C54H68BI. The van der Waals surface area contributed by atoms with Gasteiger partial charge in [-0.05, 0) is 147 Å². The van der Waals surface area contributed by atoms with E-state index in [-0.39, 0.29) is 0 Å². The Labute approximate surface area is 357 Å². The van der Waals surface area contributed by atoms with E-state index < -0.39 is 0 Å². The second-order valence-electron chi connectivity index (χ2n) is 16.3. The van der Waals surface area contributed by atoms with Crippen LogP contribution >= 0.6 is 22.6 Å². The molecule has 0 aromatic heterocycles. The van der Waals surface area contributed by atoms with E-state index in [2.05, 4.69) is 147 Å². The summed E-state index contributed by atoms with van der Waals surface area (Å²) in [5.41, 5.74) is 17.2. The number of hydrogen-bond donors (Lipinski definition) is 0. The minimum Gasteiger partial charge on any atom is -0.0932 e. The second-order valence-corrected chi connectivity index (χ2v) is 17.4. The number of unbranched alkanes of at least 4 members (excludes halogenated alkanes) is 12. The van der Waals surface area contributed by atoms with E-state index in [1.807, 2.05) is 0 Å². The van der Waals surface area contributed by atoms with Crippen LogP contribution in [-0.4, -0.2) is 7.85 Å². The minimum absolute atomic E-state index is 0.974. The van der Waals surface area contributed by atoms with Gasteiger partial charge in [0.1, 0.15) is 7.85 Å². The maximum atomic E-state index is 6.66. The quantitative estimate of drug-likeness (QED) is 0.0330. The molecule has 0 atom stereocenters. The van der Waals surface area contributed by atoms with Crippen LogP contribution in [0, 0.1) is 3.57 Å². The average molecular weight is 855 g/mol. The predicted octanol–water partition coefficient (Wildman–Crippen LogP) is 16.2. The fourth-order valence-corrected chi connectivity index (χ4v) is 9.04. The van der Waals surface area contributed by atoms with Gasteiger partial charge in [0.15, 0.2) is 0 Å². The van der Waals surface area contributed by atoms with Crippen LogP contribution in [0.3, 0.4) is 0 Å². The van der Waals surface area contributed by atoms with Crippen molar-refractivity contribution in [3.63, 3.8) is 0 Å². The van der Waals surface area contributed by atoms with Crippen molar-refractivity contribution in [3.05, 3.63) is 123 Å². The fourth-order valence-electron chi connectivity index (χ4n) is 8.24. The summed E-state index contributed by atoms with van der Waals surface area (Å²) in [6, 6.07) is 37.5. The molecule has 0 aliphatic rings. The van der Waals surface area contributed by atoms with Gasteiger partial charge in [0, 0.05) is 3.57 Å². The Hall–Kier alpha value is -3.11. The summed E-state index contributed by atoms with van der Waals surface area (Å²) in [7, 11) is 6.66. The maximum Gasteiger partial charge on any atom is 0.114 e. The van der Waals surface area contributed by atoms with Gasteiger partial charge in [-0.1, -0.05) is 201 Å². The predicted molar refractivity (Wildman–Crippen MR) is 258 cm³/mol. The summed E-state index contributed by atoms with van der Waals surface area (Å²) in [5.74, 6) is 0. The molecule has 0 aliphatic carbocycles. The molecule has 5 aromatic carbocycles. The number of halogens is 1.